The van der Waals surface area contributed by atoms with Crippen LogP contribution >= 0.6 is 0 Å². The number of carbonyl (C=O) groups is 2. The van der Waals surface area contributed by atoms with Crippen molar-refractivity contribution in [2.24, 2.45) is 0 Å². The lowest BCUT2D eigenvalue weighted by Crippen LogP contribution is -2.21. The Morgan fingerprint density at radius 2 is 1.32 bits per heavy atom. The first-order chi connectivity index (χ1) is 16.5. The molecule has 4 aromatic rings. The van der Waals surface area contributed by atoms with Crippen molar-refractivity contribution in [3.63, 3.8) is 0 Å². The highest BCUT2D eigenvalue weighted by Crippen LogP contribution is 2.38. The first kappa shape index (κ1) is 22.8. The number of methoxy groups -OCH3 is 3. The quantitative estimate of drug-likeness (QED) is 0.225. The number of carbonyl (C=O) groups excluding carboxylic acids is 2. The van der Waals surface area contributed by atoms with Gasteiger partial charge in [-0.15, -0.1) is 0 Å². The standard InChI is InChI=1S/C26H23NO7/c1-31-22-12-16(13-23(32-2)26(22)33-3)21(28)15-34-24(29)14-27-19-10-6-4-8-17(19)25(30)18-9-5-7-11-20(18)27/h4-13H,14-15H2,1-3H3. The molecule has 174 valence electrons. The van der Waals surface area contributed by atoms with Crippen molar-refractivity contribution >= 4 is 33.6 Å². The van der Waals surface area contributed by atoms with E-state index in [2.05, 4.69) is 0 Å². The Kier molecular flexibility index (Phi) is 6.49. The summed E-state index contributed by atoms with van der Waals surface area (Å²) in [5.41, 5.74) is 1.37. The summed E-state index contributed by atoms with van der Waals surface area (Å²) in [6.07, 6.45) is 0. The third kappa shape index (κ3) is 4.17. The molecule has 0 radical (unpaired) electrons. The summed E-state index contributed by atoms with van der Waals surface area (Å²) in [6.45, 7) is -0.628. The summed E-state index contributed by atoms with van der Waals surface area (Å²) in [5.74, 6) is -0.0389. The fourth-order valence-corrected chi connectivity index (χ4v) is 3.89. The van der Waals surface area contributed by atoms with E-state index in [0.717, 1.165) is 0 Å². The number of aromatic nitrogens is 1. The molecule has 3 aromatic carbocycles. The number of nitrogens with zero attached hydrogens (tertiary/aromatic N) is 1. The van der Waals surface area contributed by atoms with Crippen LogP contribution in [0.15, 0.2) is 65.5 Å². The summed E-state index contributed by atoms with van der Waals surface area (Å²) in [4.78, 5) is 38.3. The number of esters is 1. The number of pyridine rings is 1. The van der Waals surface area contributed by atoms with Gasteiger partial charge in [-0.2, -0.15) is 0 Å². The molecule has 1 aromatic heterocycles. The molecule has 34 heavy (non-hydrogen) atoms. The number of ether oxygens (including phenoxy) is 4. The lowest BCUT2D eigenvalue weighted by molar-refractivity contribution is -0.143. The zero-order valence-corrected chi connectivity index (χ0v) is 19.0. The van der Waals surface area contributed by atoms with Crippen LogP contribution in [0.5, 0.6) is 17.2 Å². The molecule has 0 atom stereocenters. The zero-order valence-electron chi connectivity index (χ0n) is 19.0. The van der Waals surface area contributed by atoms with Crippen LogP contribution in [0.3, 0.4) is 0 Å². The van der Waals surface area contributed by atoms with E-state index in [9.17, 15) is 14.4 Å². The van der Waals surface area contributed by atoms with E-state index in [1.165, 1.54) is 33.5 Å². The third-order valence-electron chi connectivity index (χ3n) is 5.52. The van der Waals surface area contributed by atoms with Crippen LogP contribution in [-0.2, 0) is 16.1 Å². The minimum atomic E-state index is -0.611. The minimum Gasteiger partial charge on any atom is -0.493 e. The lowest BCUT2D eigenvalue weighted by Gasteiger charge is -2.15. The second-order valence-corrected chi connectivity index (χ2v) is 7.45. The smallest absolute Gasteiger partial charge is 0.326 e. The number of hydrogen-bond donors (Lipinski definition) is 0. The third-order valence-corrected chi connectivity index (χ3v) is 5.52. The van der Waals surface area contributed by atoms with E-state index in [4.69, 9.17) is 18.9 Å². The summed E-state index contributed by atoms with van der Waals surface area (Å²) >= 11 is 0. The summed E-state index contributed by atoms with van der Waals surface area (Å²) in [6, 6.07) is 17.1. The molecule has 0 saturated carbocycles. The second-order valence-electron chi connectivity index (χ2n) is 7.45. The zero-order chi connectivity index (χ0) is 24.2. The van der Waals surface area contributed by atoms with E-state index in [1.807, 2.05) is 0 Å². The van der Waals surface area contributed by atoms with Crippen molar-refractivity contribution in [3.8, 4) is 17.2 Å². The molecule has 0 bridgehead atoms. The lowest BCUT2D eigenvalue weighted by atomic mass is 10.1. The molecule has 0 aliphatic carbocycles. The summed E-state index contributed by atoms with van der Waals surface area (Å²) in [7, 11) is 4.36. The molecule has 0 unspecified atom stereocenters. The number of benzene rings is 3. The van der Waals surface area contributed by atoms with Gasteiger partial charge >= 0.3 is 5.97 Å². The second kappa shape index (κ2) is 9.66. The number of ketones is 1. The Labute approximate surface area is 195 Å². The molecular formula is C26H23NO7. The molecular weight excluding hydrogens is 438 g/mol. The first-order valence-electron chi connectivity index (χ1n) is 10.5. The predicted molar refractivity (Wildman–Crippen MR) is 127 cm³/mol. The maximum Gasteiger partial charge on any atom is 0.326 e. The number of Topliss-reactive ketones (excluding diaryl/α,β-unsaturated/α-hetero) is 1. The monoisotopic (exact) mass is 461 g/mol. The van der Waals surface area contributed by atoms with E-state index in [0.29, 0.717) is 39.1 Å². The highest BCUT2D eigenvalue weighted by Gasteiger charge is 2.19. The molecule has 0 fully saturated rings. The van der Waals surface area contributed by atoms with Crippen molar-refractivity contribution < 1.29 is 28.5 Å². The summed E-state index contributed by atoms with van der Waals surface area (Å²) < 4.78 is 22.8. The van der Waals surface area contributed by atoms with Gasteiger partial charge in [0.05, 0.1) is 32.4 Å². The molecule has 8 nitrogen and oxygen atoms in total. The van der Waals surface area contributed by atoms with E-state index >= 15 is 0 Å². The normalized spacial score (nSPS) is 10.8. The van der Waals surface area contributed by atoms with Crippen molar-refractivity contribution in [3.05, 3.63) is 76.5 Å². The molecule has 0 saturated heterocycles. The Morgan fingerprint density at radius 3 is 1.82 bits per heavy atom. The molecule has 0 aliphatic heterocycles. The van der Waals surface area contributed by atoms with Crippen molar-refractivity contribution in [2.75, 3.05) is 27.9 Å². The average Bonchev–Trinajstić information content (AvgIpc) is 2.88. The van der Waals surface area contributed by atoms with Crippen LogP contribution in [0.4, 0.5) is 0 Å². The van der Waals surface area contributed by atoms with Gasteiger partial charge in [-0.05, 0) is 36.4 Å². The number of para-hydroxylation sites is 2. The van der Waals surface area contributed by atoms with Gasteiger partial charge in [-0.3, -0.25) is 14.4 Å². The van der Waals surface area contributed by atoms with Crippen LogP contribution in [0, 0.1) is 0 Å². The Bertz CT molecular complexity index is 1370. The van der Waals surface area contributed by atoms with Gasteiger partial charge in [0, 0.05) is 16.3 Å². The van der Waals surface area contributed by atoms with Crippen LogP contribution in [0.25, 0.3) is 21.8 Å². The van der Waals surface area contributed by atoms with E-state index < -0.39 is 18.4 Å². The van der Waals surface area contributed by atoms with Crippen LogP contribution < -0.4 is 19.6 Å². The van der Waals surface area contributed by atoms with Gasteiger partial charge in [0.1, 0.15) is 6.54 Å². The fourth-order valence-electron chi connectivity index (χ4n) is 3.89. The van der Waals surface area contributed by atoms with Crippen molar-refractivity contribution in [1.29, 1.82) is 0 Å². The van der Waals surface area contributed by atoms with Crippen LogP contribution in [0.1, 0.15) is 10.4 Å². The molecule has 0 spiro atoms. The number of rotatable bonds is 8. The number of fused-ring (bicyclic) bond motifs is 2. The average molecular weight is 461 g/mol. The van der Waals surface area contributed by atoms with Crippen LogP contribution in [0.2, 0.25) is 0 Å². The van der Waals surface area contributed by atoms with Gasteiger partial charge in [0.25, 0.3) is 0 Å². The highest BCUT2D eigenvalue weighted by atomic mass is 16.5. The topological polar surface area (TPSA) is 93.1 Å². The van der Waals surface area contributed by atoms with Gasteiger partial charge in [-0.1, -0.05) is 24.3 Å². The van der Waals surface area contributed by atoms with E-state index in [1.54, 1.807) is 53.1 Å². The van der Waals surface area contributed by atoms with Crippen LogP contribution in [-0.4, -0.2) is 44.3 Å². The predicted octanol–water partition coefficient (Wildman–Crippen LogP) is 3.61. The Morgan fingerprint density at radius 1 is 0.794 bits per heavy atom. The molecule has 0 N–H and O–H groups in total. The Hall–Kier alpha value is -4.33. The molecule has 0 amide bonds. The first-order valence-corrected chi connectivity index (χ1v) is 10.5. The van der Waals surface area contributed by atoms with E-state index in [-0.39, 0.29) is 17.5 Å². The Balaban J connectivity index is 1.58. The molecule has 4 rings (SSSR count). The van der Waals surface area contributed by atoms with Gasteiger partial charge in [-0.25, -0.2) is 0 Å². The largest absolute Gasteiger partial charge is 0.493 e. The minimum absolute atomic E-state index is 0.103. The number of hydrogen-bond acceptors (Lipinski definition) is 7. The van der Waals surface area contributed by atoms with Crippen molar-refractivity contribution in [2.45, 2.75) is 6.54 Å². The molecule has 1 heterocycles. The molecule has 8 heteroatoms. The summed E-state index contributed by atoms with van der Waals surface area (Å²) in [5, 5.41) is 1.00. The molecule has 0 aliphatic rings. The van der Waals surface area contributed by atoms with Gasteiger partial charge in [0.15, 0.2) is 23.5 Å². The SMILES string of the molecule is COc1cc(C(=O)COC(=O)Cn2c3ccccc3c(=O)c3ccccc32)cc(OC)c1OC. The fraction of sp³-hybridized carbons (Fsp3) is 0.192. The maximum atomic E-state index is 12.8. The highest BCUT2D eigenvalue weighted by molar-refractivity contribution is 5.99. The van der Waals surface area contributed by atoms with Gasteiger partial charge in [0.2, 0.25) is 11.5 Å². The van der Waals surface area contributed by atoms with Gasteiger partial charge < -0.3 is 23.5 Å². The maximum absolute atomic E-state index is 12.8. The van der Waals surface area contributed by atoms with Crippen molar-refractivity contribution in [1.82, 2.24) is 4.57 Å².